The number of amides is 4. The summed E-state index contributed by atoms with van der Waals surface area (Å²) in [5.41, 5.74) is 2.10. The smallest absolute Gasteiger partial charge is 0.410 e. The number of rotatable bonds is 7. The molecule has 1 aromatic rings. The maximum absolute atomic E-state index is 13.5. The van der Waals surface area contributed by atoms with Crippen molar-refractivity contribution in [1.82, 2.24) is 20.4 Å². The molecule has 1 atom stereocenters. The standard InChI is InChI=1S/C25H36N4O6.C2H6/c1-7-28(8-2)23(32)16-11-15-13-29(24(33)35-25(3,4)5)14-18(15)21(34-6)17(16)12-26-19-9-10-20(30)27-22(19)31;1-2/h11,19,26H,7-10,12-14H2,1-6H3,(H,27,30,31);1-2H3. The van der Waals surface area contributed by atoms with Crippen LogP contribution in [0.4, 0.5) is 4.79 Å². The van der Waals surface area contributed by atoms with Gasteiger partial charge in [-0.1, -0.05) is 13.8 Å². The fourth-order valence-corrected chi connectivity index (χ4v) is 4.43. The van der Waals surface area contributed by atoms with Crippen molar-refractivity contribution in [2.75, 3.05) is 20.2 Å². The van der Waals surface area contributed by atoms with Crippen molar-refractivity contribution < 1.29 is 28.7 Å². The van der Waals surface area contributed by atoms with Gasteiger partial charge in [0.2, 0.25) is 11.8 Å². The highest BCUT2D eigenvalue weighted by molar-refractivity contribution is 6.00. The minimum atomic E-state index is -0.628. The van der Waals surface area contributed by atoms with E-state index in [1.54, 1.807) is 9.80 Å². The summed E-state index contributed by atoms with van der Waals surface area (Å²) < 4.78 is 11.3. The molecule has 0 saturated carbocycles. The van der Waals surface area contributed by atoms with Crippen LogP contribution in [0, 0.1) is 0 Å². The summed E-state index contributed by atoms with van der Waals surface area (Å²) in [7, 11) is 1.53. The zero-order chi connectivity index (χ0) is 27.9. The number of ether oxygens (including phenoxy) is 2. The largest absolute Gasteiger partial charge is 0.496 e. The highest BCUT2D eigenvalue weighted by Crippen LogP contribution is 2.37. The molecule has 4 amide bonds. The second-order valence-corrected chi connectivity index (χ2v) is 9.77. The van der Waals surface area contributed by atoms with E-state index >= 15 is 0 Å². The van der Waals surface area contributed by atoms with Crippen LogP contribution < -0.4 is 15.4 Å². The summed E-state index contributed by atoms with van der Waals surface area (Å²) in [4.78, 5) is 53.3. The van der Waals surface area contributed by atoms with Gasteiger partial charge in [0, 0.05) is 49.3 Å². The number of piperidine rings is 1. The second kappa shape index (κ2) is 12.9. The van der Waals surface area contributed by atoms with Crippen molar-refractivity contribution in [2.24, 2.45) is 0 Å². The van der Waals surface area contributed by atoms with Crippen molar-refractivity contribution in [2.45, 2.75) is 92.6 Å². The lowest BCUT2D eigenvalue weighted by Crippen LogP contribution is -2.50. The molecule has 1 aromatic carbocycles. The number of hydrogen-bond acceptors (Lipinski definition) is 7. The van der Waals surface area contributed by atoms with E-state index in [1.165, 1.54) is 7.11 Å². The van der Waals surface area contributed by atoms with E-state index in [0.29, 0.717) is 49.5 Å². The number of nitrogens with one attached hydrogen (secondary N) is 2. The van der Waals surface area contributed by atoms with Crippen LogP contribution in [0.15, 0.2) is 6.07 Å². The van der Waals surface area contributed by atoms with Crippen LogP contribution >= 0.6 is 0 Å². The van der Waals surface area contributed by atoms with Crippen LogP contribution in [0.3, 0.4) is 0 Å². The Bertz CT molecular complexity index is 1010. The summed E-state index contributed by atoms with van der Waals surface area (Å²) in [5.74, 6) is -0.298. The molecule has 0 aromatic heterocycles. The summed E-state index contributed by atoms with van der Waals surface area (Å²) >= 11 is 0. The lowest BCUT2D eigenvalue weighted by Gasteiger charge is -2.25. The molecule has 2 aliphatic heterocycles. The van der Waals surface area contributed by atoms with Crippen LogP contribution in [0.25, 0.3) is 0 Å². The van der Waals surface area contributed by atoms with Crippen molar-refractivity contribution in [3.8, 4) is 5.75 Å². The van der Waals surface area contributed by atoms with E-state index in [9.17, 15) is 19.2 Å². The third-order valence-electron chi connectivity index (χ3n) is 6.19. The Hall–Kier alpha value is -3.14. The Morgan fingerprint density at radius 2 is 1.81 bits per heavy atom. The highest BCUT2D eigenvalue weighted by Gasteiger charge is 2.34. The monoisotopic (exact) mass is 518 g/mol. The predicted molar refractivity (Wildman–Crippen MR) is 140 cm³/mol. The van der Waals surface area contributed by atoms with Gasteiger partial charge in [0.15, 0.2) is 0 Å². The number of methoxy groups -OCH3 is 1. The predicted octanol–water partition coefficient (Wildman–Crippen LogP) is 3.35. The fourth-order valence-electron chi connectivity index (χ4n) is 4.43. The Morgan fingerprint density at radius 1 is 1.16 bits per heavy atom. The molecular formula is C27H42N4O6. The average molecular weight is 519 g/mol. The molecule has 0 bridgehead atoms. The Kier molecular flexibility index (Phi) is 10.5. The van der Waals surface area contributed by atoms with Gasteiger partial charge in [-0.05, 0) is 52.7 Å². The number of nitrogens with zero attached hydrogens (tertiary/aromatic N) is 2. The Balaban J connectivity index is 0.00000235. The summed E-state index contributed by atoms with van der Waals surface area (Å²) in [6.45, 7) is 15.1. The molecular weight excluding hydrogens is 476 g/mol. The maximum atomic E-state index is 13.5. The molecule has 10 nitrogen and oxygen atoms in total. The molecule has 3 rings (SSSR count). The average Bonchev–Trinajstić information content (AvgIpc) is 3.28. The molecule has 0 spiro atoms. The molecule has 0 aliphatic carbocycles. The van der Waals surface area contributed by atoms with E-state index in [4.69, 9.17) is 9.47 Å². The minimum absolute atomic E-state index is 0.146. The van der Waals surface area contributed by atoms with E-state index in [2.05, 4.69) is 10.6 Å². The molecule has 1 fully saturated rings. The van der Waals surface area contributed by atoms with Crippen LogP contribution in [0.2, 0.25) is 0 Å². The van der Waals surface area contributed by atoms with E-state index < -0.39 is 17.7 Å². The molecule has 37 heavy (non-hydrogen) atoms. The van der Waals surface area contributed by atoms with Gasteiger partial charge >= 0.3 is 6.09 Å². The van der Waals surface area contributed by atoms with Gasteiger partial charge in [-0.3, -0.25) is 24.6 Å². The number of carbonyl (C=O) groups is 4. The van der Waals surface area contributed by atoms with Gasteiger partial charge in [0.1, 0.15) is 11.4 Å². The first kappa shape index (κ1) is 30.1. The van der Waals surface area contributed by atoms with Crippen molar-refractivity contribution >= 4 is 23.8 Å². The highest BCUT2D eigenvalue weighted by atomic mass is 16.6. The Labute approximate surface area is 220 Å². The number of hydrogen-bond donors (Lipinski definition) is 2. The zero-order valence-electron chi connectivity index (χ0n) is 23.4. The van der Waals surface area contributed by atoms with E-state index in [1.807, 2.05) is 54.5 Å². The first-order valence-electron chi connectivity index (χ1n) is 13.0. The summed E-state index contributed by atoms with van der Waals surface area (Å²) in [5, 5.41) is 5.53. The molecule has 206 valence electrons. The minimum Gasteiger partial charge on any atom is -0.496 e. The Morgan fingerprint density at radius 3 is 2.35 bits per heavy atom. The number of carbonyl (C=O) groups excluding carboxylic acids is 4. The lowest BCUT2D eigenvalue weighted by atomic mass is 9.96. The normalized spacial score (nSPS) is 16.9. The molecule has 2 N–H and O–H groups in total. The summed E-state index contributed by atoms with van der Waals surface area (Å²) in [6.07, 6.45) is 0.195. The van der Waals surface area contributed by atoms with Crippen LogP contribution in [0.5, 0.6) is 5.75 Å². The first-order chi connectivity index (χ1) is 17.5. The van der Waals surface area contributed by atoms with E-state index in [0.717, 1.165) is 11.1 Å². The topological polar surface area (TPSA) is 117 Å². The third kappa shape index (κ3) is 7.21. The van der Waals surface area contributed by atoms with Crippen LogP contribution in [-0.2, 0) is 34.0 Å². The fraction of sp³-hybridized carbons (Fsp3) is 0.630. The molecule has 2 aliphatic rings. The van der Waals surface area contributed by atoms with Gasteiger partial charge in [-0.15, -0.1) is 0 Å². The first-order valence-corrected chi connectivity index (χ1v) is 13.0. The number of imide groups is 1. The summed E-state index contributed by atoms with van der Waals surface area (Å²) in [6, 6.07) is 1.27. The quantitative estimate of drug-likeness (QED) is 0.532. The van der Waals surface area contributed by atoms with E-state index in [-0.39, 0.29) is 30.7 Å². The molecule has 2 heterocycles. The second-order valence-electron chi connectivity index (χ2n) is 9.77. The van der Waals surface area contributed by atoms with Gasteiger partial charge in [0.25, 0.3) is 5.91 Å². The molecule has 10 heteroatoms. The van der Waals surface area contributed by atoms with Gasteiger partial charge < -0.3 is 19.7 Å². The molecule has 0 radical (unpaired) electrons. The number of fused-ring (bicyclic) bond motifs is 1. The lowest BCUT2D eigenvalue weighted by molar-refractivity contribution is -0.134. The van der Waals surface area contributed by atoms with Crippen LogP contribution in [0.1, 0.15) is 88.4 Å². The number of benzene rings is 1. The maximum Gasteiger partial charge on any atom is 0.410 e. The van der Waals surface area contributed by atoms with Gasteiger partial charge in [-0.2, -0.15) is 0 Å². The van der Waals surface area contributed by atoms with Crippen LogP contribution in [-0.4, -0.2) is 65.5 Å². The molecule has 1 unspecified atom stereocenters. The van der Waals surface area contributed by atoms with Crippen molar-refractivity contribution in [3.05, 3.63) is 28.3 Å². The third-order valence-corrected chi connectivity index (χ3v) is 6.19. The SMILES string of the molecule is CC.CCN(CC)C(=O)c1cc2c(c(OC)c1CNC1CCC(=O)NC1=O)CN(C(=O)OC(C)(C)C)C2. The zero-order valence-corrected chi connectivity index (χ0v) is 23.4. The van der Waals surface area contributed by atoms with Gasteiger partial charge in [0.05, 0.1) is 19.7 Å². The van der Waals surface area contributed by atoms with Crippen molar-refractivity contribution in [1.29, 1.82) is 0 Å². The van der Waals surface area contributed by atoms with Gasteiger partial charge in [-0.25, -0.2) is 4.79 Å². The van der Waals surface area contributed by atoms with Crippen molar-refractivity contribution in [3.63, 3.8) is 0 Å². The molecule has 1 saturated heterocycles.